The number of benzene rings is 9. The molecule has 4 heteroatoms. The maximum Gasteiger partial charge on any atom is 0.160 e. The molecular formula is C56H35N3O. The molecule has 0 aliphatic rings. The number of fused-ring (bicyclic) bond motifs is 8. The van der Waals surface area contributed by atoms with E-state index in [2.05, 4.69) is 180 Å². The number of rotatable bonds is 6. The summed E-state index contributed by atoms with van der Waals surface area (Å²) in [7, 11) is 0. The lowest BCUT2D eigenvalue weighted by Gasteiger charge is -2.12. The molecule has 0 unspecified atom stereocenters. The maximum absolute atomic E-state index is 6.78. The number of hydrogen-bond donors (Lipinski definition) is 0. The second-order valence-electron chi connectivity index (χ2n) is 15.3. The fraction of sp³-hybridized carbons (Fsp3) is 0. The number of nitrogens with zero attached hydrogens (tertiary/aromatic N) is 3. The molecule has 60 heavy (non-hydrogen) atoms. The Morgan fingerprint density at radius 2 is 0.917 bits per heavy atom. The maximum atomic E-state index is 6.78. The summed E-state index contributed by atoms with van der Waals surface area (Å²) in [5.74, 6) is 0.699. The van der Waals surface area contributed by atoms with E-state index < -0.39 is 0 Å². The topological polar surface area (TPSA) is 43.9 Å². The molecule has 0 bridgehead atoms. The van der Waals surface area contributed by atoms with Gasteiger partial charge in [0.15, 0.2) is 5.82 Å². The first-order chi connectivity index (χ1) is 29.7. The summed E-state index contributed by atoms with van der Waals surface area (Å²) in [6.45, 7) is 0. The van der Waals surface area contributed by atoms with Crippen molar-refractivity contribution in [3.05, 3.63) is 212 Å². The molecule has 9 aromatic carbocycles. The van der Waals surface area contributed by atoms with E-state index in [0.717, 1.165) is 88.7 Å². The Morgan fingerprint density at radius 1 is 0.350 bits per heavy atom. The van der Waals surface area contributed by atoms with Crippen molar-refractivity contribution < 1.29 is 4.42 Å². The van der Waals surface area contributed by atoms with Crippen LogP contribution in [-0.4, -0.2) is 14.5 Å². The second kappa shape index (κ2) is 13.8. The lowest BCUT2D eigenvalue weighted by molar-refractivity contribution is 0.673. The summed E-state index contributed by atoms with van der Waals surface area (Å²) in [6.07, 6.45) is 0. The summed E-state index contributed by atoms with van der Waals surface area (Å²) in [4.78, 5) is 10.2. The Labute approximate surface area is 346 Å². The molecule has 0 saturated heterocycles. The molecule has 0 fully saturated rings. The van der Waals surface area contributed by atoms with Crippen LogP contribution >= 0.6 is 0 Å². The highest BCUT2D eigenvalue weighted by Crippen LogP contribution is 2.44. The Kier molecular flexibility index (Phi) is 7.82. The zero-order valence-corrected chi connectivity index (χ0v) is 32.5. The fourth-order valence-corrected chi connectivity index (χ4v) is 9.03. The van der Waals surface area contributed by atoms with Gasteiger partial charge in [0.25, 0.3) is 0 Å². The highest BCUT2D eigenvalue weighted by molar-refractivity contribution is 6.22. The van der Waals surface area contributed by atoms with E-state index in [4.69, 9.17) is 14.4 Å². The molecule has 12 aromatic rings. The van der Waals surface area contributed by atoms with E-state index in [0.29, 0.717) is 5.82 Å². The van der Waals surface area contributed by atoms with Crippen LogP contribution in [0.15, 0.2) is 217 Å². The highest BCUT2D eigenvalue weighted by atomic mass is 16.3. The summed E-state index contributed by atoms with van der Waals surface area (Å²) < 4.78 is 9.14. The van der Waals surface area contributed by atoms with Crippen LogP contribution in [0.25, 0.3) is 116 Å². The minimum absolute atomic E-state index is 0.699. The van der Waals surface area contributed by atoms with Crippen LogP contribution in [0, 0.1) is 0 Å². The standard InChI is InChI=1S/C56H35N3O/c1-3-15-37(16-4-1)49-35-50(58-56(57-49)38-17-5-2-6-18-38)40-20-13-19-39(33-40)47-34-48-54-42(25-14-28-53(54)60-55(48)46-24-8-7-21-43(46)47)36-29-31-41(32-30-36)59-51-26-11-9-22-44(51)45-23-10-12-27-52(45)59/h1-35H. The van der Waals surface area contributed by atoms with Crippen LogP contribution in [-0.2, 0) is 0 Å². The minimum Gasteiger partial charge on any atom is -0.455 e. The van der Waals surface area contributed by atoms with Crippen molar-refractivity contribution in [2.45, 2.75) is 0 Å². The van der Waals surface area contributed by atoms with E-state index in [1.54, 1.807) is 0 Å². The van der Waals surface area contributed by atoms with Crippen LogP contribution in [0.1, 0.15) is 0 Å². The molecule has 12 rings (SSSR count). The molecule has 0 atom stereocenters. The van der Waals surface area contributed by atoms with Crippen molar-refractivity contribution in [3.63, 3.8) is 0 Å². The Hall–Kier alpha value is -8.08. The lowest BCUT2D eigenvalue weighted by atomic mass is 9.92. The van der Waals surface area contributed by atoms with Crippen molar-refractivity contribution >= 4 is 54.5 Å². The largest absolute Gasteiger partial charge is 0.455 e. The van der Waals surface area contributed by atoms with Crippen molar-refractivity contribution in [2.75, 3.05) is 0 Å². The minimum atomic E-state index is 0.699. The predicted octanol–water partition coefficient (Wildman–Crippen LogP) is 15.0. The summed E-state index contributed by atoms with van der Waals surface area (Å²) in [5.41, 5.74) is 14.6. The van der Waals surface area contributed by atoms with Crippen LogP contribution in [0.3, 0.4) is 0 Å². The third kappa shape index (κ3) is 5.53. The number of aromatic nitrogens is 3. The molecule has 0 saturated carbocycles. The number of furan rings is 1. The van der Waals surface area contributed by atoms with E-state index >= 15 is 0 Å². The van der Waals surface area contributed by atoms with Gasteiger partial charge in [-0.15, -0.1) is 0 Å². The van der Waals surface area contributed by atoms with Crippen molar-refractivity contribution in [3.8, 4) is 61.8 Å². The molecule has 0 aliphatic heterocycles. The van der Waals surface area contributed by atoms with Crippen molar-refractivity contribution in [2.24, 2.45) is 0 Å². The molecule has 3 aromatic heterocycles. The first kappa shape index (κ1) is 34.0. The molecule has 280 valence electrons. The van der Waals surface area contributed by atoms with Crippen molar-refractivity contribution in [1.29, 1.82) is 0 Å². The van der Waals surface area contributed by atoms with Crippen LogP contribution in [0.5, 0.6) is 0 Å². The molecule has 0 spiro atoms. The quantitative estimate of drug-likeness (QED) is 0.169. The third-order valence-electron chi connectivity index (χ3n) is 11.8. The van der Waals surface area contributed by atoms with Gasteiger partial charge in [0.05, 0.1) is 22.4 Å². The van der Waals surface area contributed by atoms with Gasteiger partial charge in [0.1, 0.15) is 11.2 Å². The Balaban J connectivity index is 1.01. The van der Waals surface area contributed by atoms with Crippen LogP contribution < -0.4 is 0 Å². The van der Waals surface area contributed by atoms with E-state index in [9.17, 15) is 0 Å². The average molecular weight is 766 g/mol. The van der Waals surface area contributed by atoms with Gasteiger partial charge >= 0.3 is 0 Å². The molecule has 0 N–H and O–H groups in total. The van der Waals surface area contributed by atoms with Gasteiger partial charge in [0.2, 0.25) is 0 Å². The Bertz CT molecular complexity index is 3470. The number of para-hydroxylation sites is 2. The monoisotopic (exact) mass is 765 g/mol. The summed E-state index contributed by atoms with van der Waals surface area (Å²) in [6, 6.07) is 74.9. The van der Waals surface area contributed by atoms with Crippen LogP contribution in [0.2, 0.25) is 0 Å². The smallest absolute Gasteiger partial charge is 0.160 e. The van der Waals surface area contributed by atoms with Gasteiger partial charge in [-0.2, -0.15) is 0 Å². The van der Waals surface area contributed by atoms with E-state index in [-0.39, 0.29) is 0 Å². The average Bonchev–Trinajstić information content (AvgIpc) is 3.88. The van der Waals surface area contributed by atoms with Crippen molar-refractivity contribution in [1.82, 2.24) is 14.5 Å². The van der Waals surface area contributed by atoms with Gasteiger partial charge in [0, 0.05) is 49.3 Å². The van der Waals surface area contributed by atoms with Gasteiger partial charge in [-0.25, -0.2) is 9.97 Å². The van der Waals surface area contributed by atoms with Crippen LogP contribution in [0.4, 0.5) is 0 Å². The molecule has 0 aliphatic carbocycles. The third-order valence-corrected chi connectivity index (χ3v) is 11.8. The summed E-state index contributed by atoms with van der Waals surface area (Å²) >= 11 is 0. The molecule has 0 amide bonds. The first-order valence-electron chi connectivity index (χ1n) is 20.3. The first-order valence-corrected chi connectivity index (χ1v) is 20.3. The van der Waals surface area contributed by atoms with Gasteiger partial charge in [-0.1, -0.05) is 164 Å². The Morgan fingerprint density at radius 3 is 1.63 bits per heavy atom. The highest BCUT2D eigenvalue weighted by Gasteiger charge is 2.19. The summed E-state index contributed by atoms with van der Waals surface area (Å²) in [5, 5.41) is 6.93. The molecule has 4 nitrogen and oxygen atoms in total. The molecular weight excluding hydrogens is 731 g/mol. The second-order valence-corrected chi connectivity index (χ2v) is 15.3. The van der Waals surface area contributed by atoms with Gasteiger partial charge in [-0.3, -0.25) is 0 Å². The zero-order valence-electron chi connectivity index (χ0n) is 32.5. The fourth-order valence-electron chi connectivity index (χ4n) is 9.03. The van der Waals surface area contributed by atoms with E-state index in [1.807, 2.05) is 36.4 Å². The predicted molar refractivity (Wildman–Crippen MR) is 248 cm³/mol. The van der Waals surface area contributed by atoms with Gasteiger partial charge < -0.3 is 8.98 Å². The molecule has 0 radical (unpaired) electrons. The normalized spacial score (nSPS) is 11.7. The van der Waals surface area contributed by atoms with E-state index in [1.165, 1.54) is 21.8 Å². The van der Waals surface area contributed by atoms with Gasteiger partial charge in [-0.05, 0) is 76.2 Å². The molecule has 3 heterocycles. The SMILES string of the molecule is c1ccc(-c2cc(-c3cccc(-c4cc5c(oc6cccc(-c7ccc(-n8c9ccccc9c9ccccc98)cc7)c65)c5ccccc45)c3)nc(-c3ccccc3)n2)cc1. The number of hydrogen-bond acceptors (Lipinski definition) is 3. The lowest BCUT2D eigenvalue weighted by Crippen LogP contribution is -1.96. The zero-order chi connectivity index (χ0) is 39.6.